The second-order valence-electron chi connectivity index (χ2n) is 3.61. The molecule has 4 amide bonds. The number of nitrogens with one attached hydrogen (secondary N) is 1. The van der Waals surface area contributed by atoms with Crippen molar-refractivity contribution >= 4 is 18.2 Å². The minimum Gasteiger partial charge on any atom is -0.462 e. The number of carboxylic acid groups (broad SMARTS) is 2. The molecule has 1 fully saturated rings. The van der Waals surface area contributed by atoms with Crippen LogP contribution in [0.2, 0.25) is 0 Å². The lowest BCUT2D eigenvalue weighted by molar-refractivity contribution is 0.156. The van der Waals surface area contributed by atoms with E-state index in [1.807, 2.05) is 4.90 Å². The Morgan fingerprint density at radius 1 is 1.00 bits per heavy atom. The molecular formula is C9H17N5O5. The van der Waals surface area contributed by atoms with Crippen molar-refractivity contribution in [2.75, 3.05) is 40.3 Å². The van der Waals surface area contributed by atoms with E-state index >= 15 is 0 Å². The van der Waals surface area contributed by atoms with Gasteiger partial charge in [0.1, 0.15) is 0 Å². The van der Waals surface area contributed by atoms with Crippen molar-refractivity contribution < 1.29 is 24.6 Å². The fourth-order valence-corrected chi connectivity index (χ4v) is 1.25. The van der Waals surface area contributed by atoms with Crippen molar-refractivity contribution in [2.24, 2.45) is 10.2 Å². The summed E-state index contributed by atoms with van der Waals surface area (Å²) in [5, 5.41) is 22.4. The predicted molar refractivity (Wildman–Crippen MR) is 64.4 cm³/mol. The van der Waals surface area contributed by atoms with Gasteiger partial charge in [-0.3, -0.25) is 0 Å². The first-order chi connectivity index (χ1) is 8.86. The van der Waals surface area contributed by atoms with Crippen LogP contribution in [0.15, 0.2) is 10.2 Å². The Kier molecular flexibility index (Phi) is 7.77. The lowest BCUT2D eigenvalue weighted by Crippen LogP contribution is -2.49. The molecule has 0 saturated carbocycles. The molecule has 1 heterocycles. The highest BCUT2D eigenvalue weighted by molar-refractivity contribution is 5.73. The minimum absolute atomic E-state index is 0.0399. The standard InChI is InChI=1S/C7H15N3O.C2H2N2O4/c1-8-7(11)10-5-3-9(2)4-6-10;5-1(6)3-4-2(7)8/h3-6H2,1-2H3,(H,8,11);(H,5,6)(H,7,8). The van der Waals surface area contributed by atoms with Crippen molar-refractivity contribution in [1.29, 1.82) is 0 Å². The van der Waals surface area contributed by atoms with Gasteiger partial charge in [0.2, 0.25) is 0 Å². The third kappa shape index (κ3) is 8.49. The highest BCUT2D eigenvalue weighted by Gasteiger charge is 2.16. The van der Waals surface area contributed by atoms with E-state index in [-0.39, 0.29) is 6.03 Å². The molecule has 10 nitrogen and oxygen atoms in total. The first-order valence-corrected chi connectivity index (χ1v) is 5.39. The van der Waals surface area contributed by atoms with Crippen molar-refractivity contribution in [1.82, 2.24) is 15.1 Å². The predicted octanol–water partition coefficient (Wildman–Crippen LogP) is 0.368. The van der Waals surface area contributed by atoms with Crippen molar-refractivity contribution in [2.45, 2.75) is 0 Å². The Bertz CT molecular complexity index is 335. The molecule has 0 atom stereocenters. The number of carbonyl (C=O) groups is 3. The summed E-state index contributed by atoms with van der Waals surface area (Å²) in [6.07, 6.45) is -3.24. The van der Waals surface area contributed by atoms with E-state index in [0.29, 0.717) is 0 Å². The average molecular weight is 275 g/mol. The van der Waals surface area contributed by atoms with Crippen molar-refractivity contribution in [3.63, 3.8) is 0 Å². The van der Waals surface area contributed by atoms with Crippen LogP contribution in [0.5, 0.6) is 0 Å². The van der Waals surface area contributed by atoms with Crippen molar-refractivity contribution in [3.05, 3.63) is 0 Å². The second kappa shape index (κ2) is 8.80. The van der Waals surface area contributed by atoms with Crippen LogP contribution < -0.4 is 5.32 Å². The molecular weight excluding hydrogens is 258 g/mol. The van der Waals surface area contributed by atoms with Crippen LogP contribution in [-0.2, 0) is 0 Å². The molecule has 0 aromatic heterocycles. The number of rotatable bonds is 0. The van der Waals surface area contributed by atoms with Crippen LogP contribution in [0.25, 0.3) is 0 Å². The van der Waals surface area contributed by atoms with Crippen LogP contribution in [0, 0.1) is 0 Å². The van der Waals surface area contributed by atoms with Gasteiger partial charge in [-0.2, -0.15) is 0 Å². The van der Waals surface area contributed by atoms with Crippen LogP contribution in [0.3, 0.4) is 0 Å². The molecule has 0 aliphatic carbocycles. The van der Waals surface area contributed by atoms with E-state index in [0.717, 1.165) is 26.2 Å². The number of hydrogen-bond acceptors (Lipinski definition) is 4. The fraction of sp³-hybridized carbons (Fsp3) is 0.667. The molecule has 10 heteroatoms. The van der Waals surface area contributed by atoms with Gasteiger partial charge in [0.15, 0.2) is 0 Å². The van der Waals surface area contributed by atoms with Crippen molar-refractivity contribution in [3.8, 4) is 0 Å². The summed E-state index contributed by atoms with van der Waals surface area (Å²) in [6.45, 7) is 3.65. The molecule has 1 rings (SSSR count). The largest absolute Gasteiger partial charge is 0.462 e. The summed E-state index contributed by atoms with van der Waals surface area (Å²) in [5.74, 6) is 0. The van der Waals surface area contributed by atoms with Gasteiger partial charge in [-0.25, -0.2) is 14.4 Å². The van der Waals surface area contributed by atoms with Gasteiger partial charge >= 0.3 is 18.2 Å². The second-order valence-corrected chi connectivity index (χ2v) is 3.61. The number of carbonyl (C=O) groups excluding carboxylic acids is 1. The van der Waals surface area contributed by atoms with E-state index < -0.39 is 12.2 Å². The zero-order chi connectivity index (χ0) is 14.8. The van der Waals surface area contributed by atoms with Crippen LogP contribution in [0.4, 0.5) is 14.4 Å². The van der Waals surface area contributed by atoms with Gasteiger partial charge in [-0.15, -0.1) is 0 Å². The molecule has 3 N–H and O–H groups in total. The van der Waals surface area contributed by atoms with E-state index in [2.05, 4.69) is 27.5 Å². The van der Waals surface area contributed by atoms with E-state index in [4.69, 9.17) is 10.2 Å². The number of amides is 4. The maximum absolute atomic E-state index is 11.1. The first-order valence-electron chi connectivity index (χ1n) is 5.39. The van der Waals surface area contributed by atoms with Crippen LogP contribution in [-0.4, -0.2) is 78.5 Å². The van der Waals surface area contributed by atoms with Gasteiger partial charge in [-0.1, -0.05) is 10.2 Å². The number of urea groups is 1. The lowest BCUT2D eigenvalue weighted by Gasteiger charge is -2.31. The van der Waals surface area contributed by atoms with E-state index in [9.17, 15) is 14.4 Å². The highest BCUT2D eigenvalue weighted by atomic mass is 16.4. The fourth-order valence-electron chi connectivity index (χ4n) is 1.25. The molecule has 108 valence electrons. The Morgan fingerprint density at radius 3 is 1.74 bits per heavy atom. The zero-order valence-electron chi connectivity index (χ0n) is 10.7. The summed E-state index contributed by atoms with van der Waals surface area (Å²) in [5.41, 5.74) is 0. The number of hydrogen-bond donors (Lipinski definition) is 3. The number of piperazine rings is 1. The average Bonchev–Trinajstić information content (AvgIpc) is 2.37. The monoisotopic (exact) mass is 275 g/mol. The molecule has 0 bridgehead atoms. The Balaban J connectivity index is 0.000000362. The molecule has 0 radical (unpaired) electrons. The Morgan fingerprint density at radius 2 is 1.42 bits per heavy atom. The zero-order valence-corrected chi connectivity index (χ0v) is 10.7. The normalized spacial score (nSPS) is 15.6. The van der Waals surface area contributed by atoms with E-state index in [1.165, 1.54) is 0 Å². The molecule has 1 saturated heterocycles. The molecule has 0 aromatic rings. The maximum Gasteiger partial charge on any atom is 0.450 e. The summed E-state index contributed by atoms with van der Waals surface area (Å²) >= 11 is 0. The molecule has 1 aliphatic rings. The SMILES string of the molecule is CNC(=O)N1CCN(C)CC1.O=C(O)N=NC(=O)O. The summed E-state index contributed by atoms with van der Waals surface area (Å²) in [7, 11) is 3.74. The first kappa shape index (κ1) is 16.8. The van der Waals surface area contributed by atoms with Crippen LogP contribution in [0.1, 0.15) is 0 Å². The molecule has 1 aliphatic heterocycles. The summed E-state index contributed by atoms with van der Waals surface area (Å²) in [6, 6.07) is 0.0399. The van der Waals surface area contributed by atoms with Crippen LogP contribution >= 0.6 is 0 Å². The van der Waals surface area contributed by atoms with Gasteiger partial charge < -0.3 is 25.3 Å². The number of likely N-dealkylation sites (N-methyl/N-ethyl adjacent to an activating group) is 1. The number of azo groups is 1. The van der Waals surface area contributed by atoms with Gasteiger partial charge in [0.25, 0.3) is 0 Å². The quantitative estimate of drug-likeness (QED) is 0.546. The topological polar surface area (TPSA) is 135 Å². The molecule has 0 unspecified atom stereocenters. The lowest BCUT2D eigenvalue weighted by atomic mass is 10.3. The highest BCUT2D eigenvalue weighted by Crippen LogP contribution is 1.98. The smallest absolute Gasteiger partial charge is 0.450 e. The summed E-state index contributed by atoms with van der Waals surface area (Å²) in [4.78, 5) is 33.9. The Hall–Kier alpha value is -2.23. The molecule has 19 heavy (non-hydrogen) atoms. The number of nitrogens with zero attached hydrogens (tertiary/aromatic N) is 4. The van der Waals surface area contributed by atoms with Gasteiger partial charge in [0, 0.05) is 33.2 Å². The minimum atomic E-state index is -1.62. The molecule has 0 aromatic carbocycles. The Labute approximate surface area is 109 Å². The van der Waals surface area contributed by atoms with E-state index in [1.54, 1.807) is 7.05 Å². The van der Waals surface area contributed by atoms with Gasteiger partial charge in [-0.05, 0) is 7.05 Å². The third-order valence-electron chi connectivity index (χ3n) is 2.23. The van der Waals surface area contributed by atoms with Gasteiger partial charge in [0.05, 0.1) is 0 Å². The summed E-state index contributed by atoms with van der Waals surface area (Å²) < 4.78 is 0. The maximum atomic E-state index is 11.1. The molecule has 0 spiro atoms. The third-order valence-corrected chi connectivity index (χ3v) is 2.23.